The summed E-state index contributed by atoms with van der Waals surface area (Å²) < 4.78 is 15.9. The summed E-state index contributed by atoms with van der Waals surface area (Å²) in [6.07, 6.45) is 3.59. The summed E-state index contributed by atoms with van der Waals surface area (Å²) in [5.41, 5.74) is 0. The van der Waals surface area contributed by atoms with Gasteiger partial charge in [-0.05, 0) is 32.1 Å². The molecule has 0 radical (unpaired) electrons. The molecule has 0 bridgehead atoms. The Balaban J connectivity index is 1.99. The molecule has 2 N–H and O–H groups in total. The molecule has 1 saturated carbocycles. The predicted molar refractivity (Wildman–Crippen MR) is 84.8 cm³/mol. The summed E-state index contributed by atoms with van der Waals surface area (Å²) >= 11 is 0. The Hall–Kier alpha value is -0.850. The number of nitrogens with one attached hydrogen (secondary N) is 2. The van der Waals surface area contributed by atoms with Gasteiger partial charge >= 0.3 is 0 Å². The maximum Gasteiger partial charge on any atom is 0.191 e. The van der Waals surface area contributed by atoms with Gasteiger partial charge in [-0.25, -0.2) is 0 Å². The first kappa shape index (κ1) is 18.2. The molecule has 0 heterocycles. The third-order valence-corrected chi connectivity index (χ3v) is 3.08. The molecule has 21 heavy (non-hydrogen) atoms. The lowest BCUT2D eigenvalue weighted by atomic mass is 10.4. The molecule has 0 amide bonds. The number of aliphatic imine (C=N–C) groups is 1. The van der Waals surface area contributed by atoms with E-state index in [4.69, 9.17) is 14.2 Å². The average molecular weight is 301 g/mol. The van der Waals surface area contributed by atoms with Crippen molar-refractivity contribution in [2.75, 3.05) is 59.8 Å². The van der Waals surface area contributed by atoms with E-state index in [-0.39, 0.29) is 0 Å². The number of hydrogen-bond donors (Lipinski definition) is 2. The predicted octanol–water partition coefficient (Wildman–Crippen LogP) is 1.02. The second kappa shape index (κ2) is 12.9. The maximum atomic E-state index is 5.59. The Morgan fingerprint density at radius 2 is 1.95 bits per heavy atom. The molecule has 0 spiro atoms. The highest BCUT2D eigenvalue weighted by molar-refractivity contribution is 5.79. The standard InChI is InChI=1S/C15H31N3O3/c1-3-16-15(17-7-4-9-20-12-11-19-2)18-8-10-21-13-14-5-6-14/h14H,3-13H2,1-2H3,(H2,16,17,18). The van der Waals surface area contributed by atoms with E-state index in [0.717, 1.165) is 57.8 Å². The fraction of sp³-hybridized carbons (Fsp3) is 0.933. The van der Waals surface area contributed by atoms with Gasteiger partial charge in [0.05, 0.1) is 19.8 Å². The zero-order valence-corrected chi connectivity index (χ0v) is 13.5. The first-order chi connectivity index (χ1) is 10.4. The lowest BCUT2D eigenvalue weighted by Crippen LogP contribution is -2.39. The van der Waals surface area contributed by atoms with Gasteiger partial charge in [0.25, 0.3) is 0 Å². The van der Waals surface area contributed by atoms with Crippen molar-refractivity contribution in [3.63, 3.8) is 0 Å². The van der Waals surface area contributed by atoms with E-state index in [0.29, 0.717) is 13.2 Å². The molecule has 0 saturated heterocycles. The van der Waals surface area contributed by atoms with Gasteiger partial charge in [0.2, 0.25) is 0 Å². The summed E-state index contributed by atoms with van der Waals surface area (Å²) in [6, 6.07) is 0. The normalized spacial score (nSPS) is 15.2. The van der Waals surface area contributed by atoms with Crippen molar-refractivity contribution < 1.29 is 14.2 Å². The van der Waals surface area contributed by atoms with E-state index >= 15 is 0 Å². The topological polar surface area (TPSA) is 64.1 Å². The molecule has 0 aromatic carbocycles. The number of rotatable bonds is 13. The molecule has 0 aliphatic heterocycles. The first-order valence-electron chi connectivity index (χ1n) is 8.03. The van der Waals surface area contributed by atoms with Gasteiger partial charge in [-0.3, -0.25) is 4.99 Å². The minimum absolute atomic E-state index is 0.647. The first-order valence-corrected chi connectivity index (χ1v) is 8.03. The largest absolute Gasteiger partial charge is 0.382 e. The van der Waals surface area contributed by atoms with Gasteiger partial charge in [-0.15, -0.1) is 0 Å². The summed E-state index contributed by atoms with van der Waals surface area (Å²) in [7, 11) is 1.68. The molecule has 1 aliphatic carbocycles. The van der Waals surface area contributed by atoms with Crippen molar-refractivity contribution >= 4 is 5.96 Å². The molecule has 0 atom stereocenters. The van der Waals surface area contributed by atoms with Crippen LogP contribution in [0.4, 0.5) is 0 Å². The monoisotopic (exact) mass is 301 g/mol. The number of hydrogen-bond acceptors (Lipinski definition) is 4. The third kappa shape index (κ3) is 11.5. The molecule has 0 unspecified atom stereocenters. The van der Waals surface area contributed by atoms with Crippen LogP contribution in [0.3, 0.4) is 0 Å². The highest BCUT2D eigenvalue weighted by atomic mass is 16.5. The van der Waals surface area contributed by atoms with Crippen LogP contribution in [-0.2, 0) is 14.2 Å². The van der Waals surface area contributed by atoms with Crippen LogP contribution >= 0.6 is 0 Å². The minimum atomic E-state index is 0.647. The van der Waals surface area contributed by atoms with Gasteiger partial charge in [0.1, 0.15) is 0 Å². The third-order valence-electron chi connectivity index (χ3n) is 3.08. The van der Waals surface area contributed by atoms with Gasteiger partial charge in [-0.1, -0.05) is 0 Å². The van der Waals surface area contributed by atoms with Crippen LogP contribution in [0.15, 0.2) is 4.99 Å². The SMILES string of the molecule is CCNC(=NCCCOCCOC)NCCOCC1CC1. The maximum absolute atomic E-state index is 5.59. The van der Waals surface area contributed by atoms with Crippen LogP contribution in [0.2, 0.25) is 0 Å². The zero-order valence-electron chi connectivity index (χ0n) is 13.5. The van der Waals surface area contributed by atoms with Crippen molar-refractivity contribution in [1.82, 2.24) is 10.6 Å². The van der Waals surface area contributed by atoms with E-state index in [9.17, 15) is 0 Å². The van der Waals surface area contributed by atoms with E-state index in [1.807, 2.05) is 0 Å². The Labute approximate surface area is 128 Å². The van der Waals surface area contributed by atoms with E-state index in [2.05, 4.69) is 22.5 Å². The summed E-state index contributed by atoms with van der Waals surface area (Å²) in [4.78, 5) is 4.50. The smallest absolute Gasteiger partial charge is 0.191 e. The molecule has 0 aromatic heterocycles. The van der Waals surface area contributed by atoms with E-state index in [1.165, 1.54) is 12.8 Å². The summed E-state index contributed by atoms with van der Waals surface area (Å²) in [5, 5.41) is 6.51. The lowest BCUT2D eigenvalue weighted by molar-refractivity contribution is 0.0702. The fourth-order valence-electron chi connectivity index (χ4n) is 1.72. The molecule has 1 rings (SSSR count). The number of ether oxygens (including phenoxy) is 3. The molecule has 6 heteroatoms. The van der Waals surface area contributed by atoms with Crippen molar-refractivity contribution in [2.24, 2.45) is 10.9 Å². The van der Waals surface area contributed by atoms with Crippen molar-refractivity contribution in [3.05, 3.63) is 0 Å². The van der Waals surface area contributed by atoms with Crippen LogP contribution in [0, 0.1) is 5.92 Å². The van der Waals surface area contributed by atoms with Gasteiger partial charge in [-0.2, -0.15) is 0 Å². The number of guanidine groups is 1. The van der Waals surface area contributed by atoms with Crippen molar-refractivity contribution in [1.29, 1.82) is 0 Å². The second-order valence-corrected chi connectivity index (χ2v) is 5.16. The zero-order chi connectivity index (χ0) is 15.2. The minimum Gasteiger partial charge on any atom is -0.382 e. The summed E-state index contributed by atoms with van der Waals surface area (Å²) in [5.74, 6) is 1.68. The summed E-state index contributed by atoms with van der Waals surface area (Å²) in [6.45, 7) is 8.14. The Morgan fingerprint density at radius 3 is 2.67 bits per heavy atom. The molecule has 1 fully saturated rings. The fourth-order valence-corrected chi connectivity index (χ4v) is 1.72. The highest BCUT2D eigenvalue weighted by Gasteiger charge is 2.20. The molecule has 1 aliphatic rings. The molecule has 124 valence electrons. The molecule has 0 aromatic rings. The van der Waals surface area contributed by atoms with Crippen LogP contribution in [0.25, 0.3) is 0 Å². The van der Waals surface area contributed by atoms with Gasteiger partial charge in [0, 0.05) is 40.0 Å². The van der Waals surface area contributed by atoms with E-state index < -0.39 is 0 Å². The number of nitrogens with zero attached hydrogens (tertiary/aromatic N) is 1. The second-order valence-electron chi connectivity index (χ2n) is 5.16. The quantitative estimate of drug-likeness (QED) is 0.302. The lowest BCUT2D eigenvalue weighted by Gasteiger charge is -2.11. The molecular formula is C15H31N3O3. The molecule has 6 nitrogen and oxygen atoms in total. The van der Waals surface area contributed by atoms with Crippen molar-refractivity contribution in [2.45, 2.75) is 26.2 Å². The Kier molecular flexibility index (Phi) is 11.1. The highest BCUT2D eigenvalue weighted by Crippen LogP contribution is 2.28. The average Bonchev–Trinajstić information content (AvgIpc) is 3.30. The van der Waals surface area contributed by atoms with Gasteiger partial charge < -0.3 is 24.8 Å². The van der Waals surface area contributed by atoms with Crippen LogP contribution in [0.5, 0.6) is 0 Å². The van der Waals surface area contributed by atoms with Crippen LogP contribution in [-0.4, -0.2) is 65.7 Å². The Bertz CT molecular complexity index is 271. The number of methoxy groups -OCH3 is 1. The van der Waals surface area contributed by atoms with Gasteiger partial charge in [0.15, 0.2) is 5.96 Å². The van der Waals surface area contributed by atoms with Crippen LogP contribution in [0.1, 0.15) is 26.2 Å². The van der Waals surface area contributed by atoms with E-state index in [1.54, 1.807) is 7.11 Å². The molecular weight excluding hydrogens is 270 g/mol. The van der Waals surface area contributed by atoms with Crippen LogP contribution < -0.4 is 10.6 Å². The van der Waals surface area contributed by atoms with Crippen molar-refractivity contribution in [3.8, 4) is 0 Å². The Morgan fingerprint density at radius 1 is 1.10 bits per heavy atom.